The molecule has 0 unspecified atom stereocenters. The summed E-state index contributed by atoms with van der Waals surface area (Å²) in [6.45, 7) is 1.89. The van der Waals surface area contributed by atoms with Gasteiger partial charge >= 0.3 is 0 Å². The summed E-state index contributed by atoms with van der Waals surface area (Å²) < 4.78 is 33.3. The standard InChI is InChI=1S/C24H18F2N2O3/c1-14-3-5-15(6-4-14)21-22(27-17-8-10-18(31-2)11-9-17)24(30)28(23(21)29)20-13-16(25)7-12-19(20)26/h3-13,27H,1-2H3. The lowest BCUT2D eigenvalue weighted by Gasteiger charge is -2.16. The van der Waals surface area contributed by atoms with Crippen molar-refractivity contribution in [2.45, 2.75) is 6.92 Å². The largest absolute Gasteiger partial charge is 0.497 e. The molecule has 0 saturated heterocycles. The third-order valence-electron chi connectivity index (χ3n) is 4.93. The van der Waals surface area contributed by atoms with Crippen LogP contribution in [-0.4, -0.2) is 18.9 Å². The van der Waals surface area contributed by atoms with Crippen LogP contribution in [-0.2, 0) is 9.59 Å². The maximum atomic E-state index is 14.4. The summed E-state index contributed by atoms with van der Waals surface area (Å²) >= 11 is 0. The number of hydrogen-bond donors (Lipinski definition) is 1. The first-order valence-corrected chi connectivity index (χ1v) is 9.45. The van der Waals surface area contributed by atoms with Crippen molar-refractivity contribution in [1.82, 2.24) is 0 Å². The van der Waals surface area contributed by atoms with Gasteiger partial charge in [-0.25, -0.2) is 13.7 Å². The number of imide groups is 1. The Morgan fingerprint density at radius 2 is 1.55 bits per heavy atom. The monoisotopic (exact) mass is 420 g/mol. The lowest BCUT2D eigenvalue weighted by atomic mass is 10.0. The lowest BCUT2D eigenvalue weighted by molar-refractivity contribution is -0.120. The molecule has 0 saturated carbocycles. The van der Waals surface area contributed by atoms with Crippen LogP contribution in [0.4, 0.5) is 20.2 Å². The fourth-order valence-electron chi connectivity index (χ4n) is 3.33. The second kappa shape index (κ2) is 8.02. The van der Waals surface area contributed by atoms with Gasteiger partial charge in [-0.05, 0) is 48.9 Å². The number of hydrogen-bond acceptors (Lipinski definition) is 4. The van der Waals surface area contributed by atoms with E-state index in [-0.39, 0.29) is 11.3 Å². The van der Waals surface area contributed by atoms with E-state index >= 15 is 0 Å². The van der Waals surface area contributed by atoms with Crippen LogP contribution in [0, 0.1) is 18.6 Å². The van der Waals surface area contributed by atoms with Crippen LogP contribution in [0.15, 0.2) is 72.4 Å². The van der Waals surface area contributed by atoms with Crippen molar-refractivity contribution in [2.24, 2.45) is 0 Å². The second-order valence-corrected chi connectivity index (χ2v) is 7.01. The molecule has 0 aliphatic carbocycles. The smallest absolute Gasteiger partial charge is 0.282 e. The van der Waals surface area contributed by atoms with E-state index in [0.717, 1.165) is 23.8 Å². The molecule has 1 heterocycles. The van der Waals surface area contributed by atoms with E-state index in [1.165, 1.54) is 7.11 Å². The second-order valence-electron chi connectivity index (χ2n) is 7.01. The molecule has 5 nitrogen and oxygen atoms in total. The average Bonchev–Trinajstić information content (AvgIpc) is 3.00. The predicted octanol–water partition coefficient (Wildman–Crippen LogP) is 4.68. The lowest BCUT2D eigenvalue weighted by Crippen LogP contribution is -2.33. The molecule has 1 aliphatic heterocycles. The van der Waals surface area contributed by atoms with Gasteiger partial charge < -0.3 is 10.1 Å². The minimum absolute atomic E-state index is 0.0253. The summed E-state index contributed by atoms with van der Waals surface area (Å²) in [5.41, 5.74) is 1.60. The Morgan fingerprint density at radius 1 is 0.871 bits per heavy atom. The molecule has 3 aromatic rings. The Bertz CT molecular complexity index is 1200. The highest BCUT2D eigenvalue weighted by atomic mass is 19.1. The van der Waals surface area contributed by atoms with E-state index in [1.54, 1.807) is 48.5 Å². The van der Waals surface area contributed by atoms with Gasteiger partial charge in [0, 0.05) is 11.8 Å². The van der Waals surface area contributed by atoms with E-state index in [1.807, 2.05) is 6.92 Å². The van der Waals surface area contributed by atoms with Gasteiger partial charge in [-0.3, -0.25) is 9.59 Å². The summed E-state index contributed by atoms with van der Waals surface area (Å²) in [5.74, 6) is -2.53. The molecule has 3 aromatic carbocycles. The van der Waals surface area contributed by atoms with E-state index in [0.29, 0.717) is 21.9 Å². The molecule has 0 radical (unpaired) electrons. The van der Waals surface area contributed by atoms with Gasteiger partial charge in [0.2, 0.25) is 0 Å². The zero-order valence-electron chi connectivity index (χ0n) is 16.8. The number of nitrogens with one attached hydrogen (secondary N) is 1. The zero-order valence-corrected chi connectivity index (χ0v) is 16.8. The maximum Gasteiger partial charge on any atom is 0.282 e. The summed E-state index contributed by atoms with van der Waals surface area (Å²) in [6, 6.07) is 16.4. The molecule has 0 spiro atoms. The van der Waals surface area contributed by atoms with Crippen molar-refractivity contribution in [3.8, 4) is 5.75 Å². The number of nitrogens with zero attached hydrogens (tertiary/aromatic N) is 1. The van der Waals surface area contributed by atoms with Crippen LogP contribution in [0.25, 0.3) is 5.57 Å². The van der Waals surface area contributed by atoms with Gasteiger partial charge in [-0.15, -0.1) is 0 Å². The predicted molar refractivity (Wildman–Crippen MR) is 114 cm³/mol. The average molecular weight is 420 g/mol. The zero-order chi connectivity index (χ0) is 22.1. The van der Waals surface area contributed by atoms with Gasteiger partial charge in [-0.2, -0.15) is 0 Å². The van der Waals surface area contributed by atoms with Crippen molar-refractivity contribution in [2.75, 3.05) is 17.3 Å². The van der Waals surface area contributed by atoms with Crippen molar-refractivity contribution in [1.29, 1.82) is 0 Å². The van der Waals surface area contributed by atoms with Crippen molar-refractivity contribution in [3.63, 3.8) is 0 Å². The molecule has 0 aromatic heterocycles. The summed E-state index contributed by atoms with van der Waals surface area (Å²) in [7, 11) is 1.53. The summed E-state index contributed by atoms with van der Waals surface area (Å²) in [5, 5.41) is 2.97. The van der Waals surface area contributed by atoms with Crippen LogP contribution >= 0.6 is 0 Å². The molecule has 7 heteroatoms. The molecule has 4 rings (SSSR count). The fraction of sp³-hybridized carbons (Fsp3) is 0.0833. The fourth-order valence-corrected chi connectivity index (χ4v) is 3.33. The molecule has 0 atom stereocenters. The van der Waals surface area contributed by atoms with Crippen molar-refractivity contribution < 1.29 is 23.1 Å². The Labute approximate surface area is 177 Å². The van der Waals surface area contributed by atoms with E-state index < -0.39 is 29.1 Å². The van der Waals surface area contributed by atoms with Crippen LogP contribution in [0.3, 0.4) is 0 Å². The Balaban J connectivity index is 1.82. The number of anilines is 2. The van der Waals surface area contributed by atoms with Crippen LogP contribution < -0.4 is 15.0 Å². The van der Waals surface area contributed by atoms with Crippen molar-refractivity contribution >= 4 is 28.8 Å². The third kappa shape index (κ3) is 3.77. The van der Waals surface area contributed by atoms with Gasteiger partial charge in [0.25, 0.3) is 11.8 Å². The number of amides is 2. The molecule has 1 N–H and O–H groups in total. The van der Waals surface area contributed by atoms with Gasteiger partial charge in [-0.1, -0.05) is 29.8 Å². The van der Waals surface area contributed by atoms with Gasteiger partial charge in [0.05, 0.1) is 18.4 Å². The highest BCUT2D eigenvalue weighted by molar-refractivity contribution is 6.46. The van der Waals surface area contributed by atoms with Gasteiger partial charge in [0.1, 0.15) is 23.1 Å². The quantitative estimate of drug-likeness (QED) is 0.609. The summed E-state index contributed by atoms with van der Waals surface area (Å²) in [6.07, 6.45) is 0. The van der Waals surface area contributed by atoms with E-state index in [4.69, 9.17) is 4.74 Å². The number of ether oxygens (including phenoxy) is 1. The van der Waals surface area contributed by atoms with Crippen LogP contribution in [0.5, 0.6) is 5.75 Å². The Hall–Kier alpha value is -4.00. The third-order valence-corrected chi connectivity index (χ3v) is 4.93. The highest BCUT2D eigenvalue weighted by Crippen LogP contribution is 2.35. The minimum Gasteiger partial charge on any atom is -0.497 e. The van der Waals surface area contributed by atoms with Crippen molar-refractivity contribution in [3.05, 3.63) is 95.2 Å². The van der Waals surface area contributed by atoms with E-state index in [2.05, 4.69) is 5.32 Å². The van der Waals surface area contributed by atoms with Crippen LogP contribution in [0.2, 0.25) is 0 Å². The molecule has 1 aliphatic rings. The number of carbonyl (C=O) groups is 2. The molecular formula is C24H18F2N2O3. The number of halogens is 2. The summed E-state index contributed by atoms with van der Waals surface area (Å²) in [4.78, 5) is 27.1. The first kappa shape index (κ1) is 20.3. The SMILES string of the molecule is COc1ccc(NC2=C(c3ccc(C)cc3)C(=O)N(c3cc(F)ccc3F)C2=O)cc1. The minimum atomic E-state index is -0.878. The number of aryl methyl sites for hydroxylation is 1. The van der Waals surface area contributed by atoms with E-state index in [9.17, 15) is 18.4 Å². The van der Waals surface area contributed by atoms with Crippen LogP contribution in [0.1, 0.15) is 11.1 Å². The Kier molecular flexibility index (Phi) is 5.25. The number of benzene rings is 3. The molecule has 2 amide bonds. The van der Waals surface area contributed by atoms with Gasteiger partial charge in [0.15, 0.2) is 0 Å². The number of methoxy groups -OCH3 is 1. The molecular weight excluding hydrogens is 402 g/mol. The molecule has 0 bridgehead atoms. The number of carbonyl (C=O) groups excluding carboxylic acids is 2. The normalized spacial score (nSPS) is 13.7. The topological polar surface area (TPSA) is 58.6 Å². The molecule has 0 fully saturated rings. The first-order chi connectivity index (χ1) is 14.9. The first-order valence-electron chi connectivity index (χ1n) is 9.45. The number of rotatable bonds is 5. The maximum absolute atomic E-state index is 14.4. The highest BCUT2D eigenvalue weighted by Gasteiger charge is 2.41. The molecule has 156 valence electrons. The molecule has 31 heavy (non-hydrogen) atoms. The Morgan fingerprint density at radius 3 is 2.19 bits per heavy atom.